The van der Waals surface area contributed by atoms with E-state index in [2.05, 4.69) is 0 Å². The summed E-state index contributed by atoms with van der Waals surface area (Å²) in [7, 11) is 1.63. The number of rotatable bonds is 7. The summed E-state index contributed by atoms with van der Waals surface area (Å²) in [5.41, 5.74) is 0. The number of nitrogens with zero attached hydrogens (tertiary/aromatic N) is 1. The zero-order chi connectivity index (χ0) is 13.1. The summed E-state index contributed by atoms with van der Waals surface area (Å²) in [5.74, 6) is -0.527. The van der Waals surface area contributed by atoms with Crippen molar-refractivity contribution in [3.05, 3.63) is 12.2 Å². The summed E-state index contributed by atoms with van der Waals surface area (Å²) in [6.07, 6.45) is 3.36. The van der Waals surface area contributed by atoms with Crippen LogP contribution in [-0.4, -0.2) is 50.2 Å². The average molecular weight is 243 g/mol. The highest BCUT2D eigenvalue weighted by molar-refractivity contribution is 6.12. The van der Waals surface area contributed by atoms with Gasteiger partial charge in [-0.15, -0.1) is 0 Å². The molecule has 0 saturated heterocycles. The van der Waals surface area contributed by atoms with E-state index in [1.54, 1.807) is 7.11 Å². The molecule has 5 heteroatoms. The van der Waals surface area contributed by atoms with Crippen molar-refractivity contribution < 1.29 is 19.1 Å². The Morgan fingerprint density at radius 3 is 2.18 bits per heavy atom. The number of hydrogen-bond donors (Lipinski definition) is 0. The summed E-state index contributed by atoms with van der Waals surface area (Å²) < 4.78 is 10.1. The van der Waals surface area contributed by atoms with Gasteiger partial charge in [-0.25, -0.2) is 0 Å². The second-order valence-electron chi connectivity index (χ2n) is 3.12. The van der Waals surface area contributed by atoms with Crippen molar-refractivity contribution in [2.24, 2.45) is 0 Å². The maximum atomic E-state index is 11.1. The number of hydrogen-bond acceptors (Lipinski definition) is 4. The maximum absolute atomic E-state index is 11.1. The van der Waals surface area contributed by atoms with Crippen molar-refractivity contribution in [2.75, 3.05) is 33.5 Å². The second kappa shape index (κ2) is 9.99. The first kappa shape index (κ1) is 15.8. The summed E-state index contributed by atoms with van der Waals surface area (Å²) in [5, 5.41) is 0. The normalized spacial score (nSPS) is 13.9. The summed E-state index contributed by atoms with van der Waals surface area (Å²) >= 11 is 0. The molecule has 0 aromatic heterocycles. The number of imide groups is 1. The molecule has 0 radical (unpaired) electrons. The van der Waals surface area contributed by atoms with Crippen LogP contribution in [0.5, 0.6) is 0 Å². The predicted octanol–water partition coefficient (Wildman–Crippen LogP) is 0.991. The molecule has 1 aliphatic heterocycles. The van der Waals surface area contributed by atoms with E-state index in [0.29, 0.717) is 26.4 Å². The molecule has 0 spiro atoms. The van der Waals surface area contributed by atoms with Crippen molar-refractivity contribution in [3.8, 4) is 0 Å². The van der Waals surface area contributed by atoms with Gasteiger partial charge in [0.1, 0.15) is 0 Å². The fraction of sp³-hybridized carbons (Fsp3) is 0.667. The van der Waals surface area contributed by atoms with Gasteiger partial charge >= 0.3 is 0 Å². The highest BCUT2D eigenvalue weighted by atomic mass is 16.5. The minimum absolute atomic E-state index is 0.263. The highest BCUT2D eigenvalue weighted by Gasteiger charge is 2.22. The Bertz CT molecular complexity index is 245. The summed E-state index contributed by atoms with van der Waals surface area (Å²) in [4.78, 5) is 23.4. The zero-order valence-corrected chi connectivity index (χ0v) is 10.8. The Hall–Kier alpha value is -1.20. The van der Waals surface area contributed by atoms with E-state index in [4.69, 9.17) is 9.47 Å². The molecule has 0 saturated carbocycles. The summed E-state index contributed by atoms with van der Waals surface area (Å²) in [6, 6.07) is 0. The van der Waals surface area contributed by atoms with Crippen LogP contribution in [0.25, 0.3) is 0 Å². The first-order valence-electron chi connectivity index (χ1n) is 5.86. The lowest BCUT2D eigenvalue weighted by atomic mass is 10.5. The fourth-order valence-corrected chi connectivity index (χ4v) is 1.21. The largest absolute Gasteiger partial charge is 0.385 e. The Morgan fingerprint density at radius 2 is 1.65 bits per heavy atom. The van der Waals surface area contributed by atoms with E-state index in [1.807, 2.05) is 13.8 Å². The van der Waals surface area contributed by atoms with Gasteiger partial charge in [-0.1, -0.05) is 13.8 Å². The van der Waals surface area contributed by atoms with Crippen LogP contribution < -0.4 is 0 Å². The van der Waals surface area contributed by atoms with E-state index in [9.17, 15) is 9.59 Å². The third kappa shape index (κ3) is 6.19. The Balaban J connectivity index is 0.00000121. The molecule has 17 heavy (non-hydrogen) atoms. The van der Waals surface area contributed by atoms with Crippen LogP contribution in [0.15, 0.2) is 12.2 Å². The number of ether oxygens (including phenoxy) is 2. The number of carbonyl (C=O) groups is 2. The highest BCUT2D eigenvalue weighted by Crippen LogP contribution is 2.02. The molecule has 98 valence electrons. The Labute approximate surface area is 102 Å². The number of carbonyl (C=O) groups excluding carboxylic acids is 2. The van der Waals surface area contributed by atoms with Gasteiger partial charge in [-0.05, 0) is 6.42 Å². The quantitative estimate of drug-likeness (QED) is 0.494. The van der Waals surface area contributed by atoms with Crippen LogP contribution in [-0.2, 0) is 19.1 Å². The van der Waals surface area contributed by atoms with Crippen molar-refractivity contribution in [1.29, 1.82) is 0 Å². The number of amides is 2. The molecule has 1 aliphatic rings. The number of methoxy groups -OCH3 is 1. The first-order chi connectivity index (χ1) is 8.25. The van der Waals surface area contributed by atoms with Crippen LogP contribution in [0, 0.1) is 0 Å². The zero-order valence-electron chi connectivity index (χ0n) is 10.8. The molecule has 5 nitrogen and oxygen atoms in total. The Kier molecular flexibility index (Phi) is 9.28. The van der Waals surface area contributed by atoms with Crippen LogP contribution in [0.2, 0.25) is 0 Å². The lowest BCUT2D eigenvalue weighted by Crippen LogP contribution is -2.33. The smallest absolute Gasteiger partial charge is 0.253 e. The topological polar surface area (TPSA) is 55.8 Å². The van der Waals surface area contributed by atoms with Crippen molar-refractivity contribution >= 4 is 11.8 Å². The van der Waals surface area contributed by atoms with Gasteiger partial charge in [0.15, 0.2) is 0 Å². The van der Waals surface area contributed by atoms with Crippen LogP contribution in [0.3, 0.4) is 0 Å². The second-order valence-corrected chi connectivity index (χ2v) is 3.12. The molecule has 0 aromatic carbocycles. The fourth-order valence-electron chi connectivity index (χ4n) is 1.21. The Morgan fingerprint density at radius 1 is 1.06 bits per heavy atom. The molecular formula is C12H21NO4. The van der Waals surface area contributed by atoms with Crippen molar-refractivity contribution in [2.45, 2.75) is 20.3 Å². The van der Waals surface area contributed by atoms with Crippen molar-refractivity contribution in [3.63, 3.8) is 0 Å². The molecule has 1 rings (SSSR count). The monoisotopic (exact) mass is 243 g/mol. The maximum Gasteiger partial charge on any atom is 0.253 e. The predicted molar refractivity (Wildman–Crippen MR) is 64.5 cm³/mol. The molecule has 0 bridgehead atoms. The third-order valence-electron chi connectivity index (χ3n) is 2.00. The van der Waals surface area contributed by atoms with Crippen LogP contribution in [0.1, 0.15) is 20.3 Å². The standard InChI is InChI=1S/C10H15NO4.C2H6/c1-14-6-2-7-15-8-5-11-9(12)3-4-10(11)13;1-2/h3-4H,2,5-8H2,1H3;1-2H3. The van der Waals surface area contributed by atoms with Gasteiger partial charge in [0.05, 0.1) is 13.2 Å². The van der Waals surface area contributed by atoms with Crippen LogP contribution >= 0.6 is 0 Å². The van der Waals surface area contributed by atoms with E-state index in [-0.39, 0.29) is 11.8 Å². The van der Waals surface area contributed by atoms with E-state index in [0.717, 1.165) is 11.3 Å². The minimum Gasteiger partial charge on any atom is -0.385 e. The van der Waals surface area contributed by atoms with E-state index in [1.165, 1.54) is 12.2 Å². The van der Waals surface area contributed by atoms with Gasteiger partial charge in [0.25, 0.3) is 11.8 Å². The average Bonchev–Trinajstić information content (AvgIpc) is 2.67. The lowest BCUT2D eigenvalue weighted by molar-refractivity contribution is -0.137. The van der Waals surface area contributed by atoms with Gasteiger partial charge in [0, 0.05) is 32.5 Å². The molecule has 0 atom stereocenters. The van der Waals surface area contributed by atoms with Gasteiger partial charge in [-0.2, -0.15) is 0 Å². The van der Waals surface area contributed by atoms with E-state index < -0.39 is 0 Å². The van der Waals surface area contributed by atoms with Crippen molar-refractivity contribution in [1.82, 2.24) is 4.90 Å². The molecule has 0 unspecified atom stereocenters. The first-order valence-corrected chi connectivity index (χ1v) is 5.86. The molecule has 0 N–H and O–H groups in total. The molecule has 1 heterocycles. The van der Waals surface area contributed by atoms with E-state index >= 15 is 0 Å². The van der Waals surface area contributed by atoms with Crippen LogP contribution in [0.4, 0.5) is 0 Å². The van der Waals surface area contributed by atoms with Gasteiger partial charge in [-0.3, -0.25) is 14.5 Å². The SMILES string of the molecule is CC.COCCCOCCN1C(=O)C=CC1=O. The molecule has 2 amide bonds. The molecule has 0 aliphatic carbocycles. The minimum atomic E-state index is -0.263. The third-order valence-corrected chi connectivity index (χ3v) is 2.00. The van der Waals surface area contributed by atoms with Gasteiger partial charge in [0.2, 0.25) is 0 Å². The molecular weight excluding hydrogens is 222 g/mol. The van der Waals surface area contributed by atoms with Gasteiger partial charge < -0.3 is 9.47 Å². The lowest BCUT2D eigenvalue weighted by Gasteiger charge is -2.13. The molecule has 0 aromatic rings. The molecule has 0 fully saturated rings. The summed E-state index contributed by atoms with van der Waals surface area (Å²) in [6.45, 7) is 5.93.